The minimum Gasteiger partial charge on any atom is -0.456 e. The second-order valence-corrected chi connectivity index (χ2v) is 7.50. The molecule has 1 heterocycles. The van der Waals surface area contributed by atoms with Crippen LogP contribution in [0.5, 0.6) is 11.5 Å². The number of rotatable bonds is 5. The average Bonchev–Trinajstić information content (AvgIpc) is 2.63. The molecule has 6 nitrogen and oxygen atoms in total. The van der Waals surface area contributed by atoms with E-state index in [0.717, 1.165) is 10.6 Å². The maximum atomic E-state index is 14.3. The molecule has 0 saturated carbocycles. The molecule has 150 valence electrons. The second-order valence-electron chi connectivity index (χ2n) is 6.25. The van der Waals surface area contributed by atoms with E-state index in [4.69, 9.17) is 10.5 Å². The maximum Gasteiger partial charge on any atom is 0.256 e. The zero-order chi connectivity index (χ0) is 21.3. The first-order valence-corrected chi connectivity index (χ1v) is 9.45. The summed E-state index contributed by atoms with van der Waals surface area (Å²) < 4.78 is 35.2. The van der Waals surface area contributed by atoms with Gasteiger partial charge in [0.15, 0.2) is 0 Å². The van der Waals surface area contributed by atoms with E-state index < -0.39 is 23.1 Å². The van der Waals surface area contributed by atoms with Crippen molar-refractivity contribution >= 4 is 40.0 Å². The molecule has 0 atom stereocenters. The van der Waals surface area contributed by atoms with Crippen molar-refractivity contribution < 1.29 is 18.3 Å². The summed E-state index contributed by atoms with van der Waals surface area (Å²) in [6, 6.07) is 9.35. The van der Waals surface area contributed by atoms with Crippen molar-refractivity contribution in [1.82, 2.24) is 4.57 Å². The van der Waals surface area contributed by atoms with Crippen LogP contribution in [0.1, 0.15) is 15.9 Å². The topological polar surface area (TPSA) is 86.3 Å². The highest BCUT2D eigenvalue weighted by atomic mass is 127. The van der Waals surface area contributed by atoms with E-state index in [-0.39, 0.29) is 28.6 Å². The van der Waals surface area contributed by atoms with Gasteiger partial charge in [-0.15, -0.1) is 0 Å². The molecule has 2 aromatic carbocycles. The molecule has 0 unspecified atom stereocenters. The first kappa shape index (κ1) is 20.8. The number of nitrogens with two attached hydrogens (primary N) is 1. The van der Waals surface area contributed by atoms with Crippen LogP contribution < -0.4 is 21.3 Å². The zero-order valence-electron chi connectivity index (χ0n) is 15.4. The summed E-state index contributed by atoms with van der Waals surface area (Å²) in [5, 5.41) is 2.75. The van der Waals surface area contributed by atoms with Gasteiger partial charge in [-0.1, -0.05) is 0 Å². The number of pyridine rings is 1. The standard InChI is InChI=1S/C20H16F2IN3O3/c1-10-7-11(21)3-6-15(10)29-16-9-17(27)26(2)20(18(16)19(24)28)25-14-5-4-12(23)8-13(14)22/h3-9,25H,1-2H3,(H2,24,28). The molecule has 0 aliphatic heterocycles. The number of primary amides is 1. The van der Waals surface area contributed by atoms with Crippen molar-refractivity contribution in [2.24, 2.45) is 12.8 Å². The number of amides is 1. The van der Waals surface area contributed by atoms with Crippen LogP contribution in [0.3, 0.4) is 0 Å². The Morgan fingerprint density at radius 3 is 2.48 bits per heavy atom. The van der Waals surface area contributed by atoms with Crippen LogP contribution >= 0.6 is 22.6 Å². The van der Waals surface area contributed by atoms with Gasteiger partial charge in [-0.3, -0.25) is 14.2 Å². The number of nitrogens with zero attached hydrogens (tertiary/aromatic N) is 1. The summed E-state index contributed by atoms with van der Waals surface area (Å²) in [5.74, 6) is -1.81. The lowest BCUT2D eigenvalue weighted by Gasteiger charge is -2.18. The molecule has 0 radical (unpaired) electrons. The summed E-state index contributed by atoms with van der Waals surface area (Å²) in [4.78, 5) is 24.6. The van der Waals surface area contributed by atoms with E-state index in [1.54, 1.807) is 13.0 Å². The summed E-state index contributed by atoms with van der Waals surface area (Å²) in [5.41, 5.74) is 5.39. The first-order valence-electron chi connectivity index (χ1n) is 8.37. The Hall–Kier alpha value is -2.95. The molecule has 0 fully saturated rings. The molecule has 0 aliphatic rings. The van der Waals surface area contributed by atoms with E-state index in [0.29, 0.717) is 9.13 Å². The number of nitrogens with one attached hydrogen (secondary N) is 1. The SMILES string of the molecule is Cc1cc(F)ccc1Oc1cc(=O)n(C)c(Nc2ccc(I)cc2F)c1C(N)=O. The highest BCUT2D eigenvalue weighted by Crippen LogP contribution is 2.32. The quantitative estimate of drug-likeness (QED) is 0.503. The van der Waals surface area contributed by atoms with Gasteiger partial charge in [-0.25, -0.2) is 8.78 Å². The summed E-state index contributed by atoms with van der Waals surface area (Å²) in [6.45, 7) is 1.61. The van der Waals surface area contributed by atoms with Crippen LogP contribution in [-0.2, 0) is 7.05 Å². The third-order valence-corrected chi connectivity index (χ3v) is 4.86. The summed E-state index contributed by atoms with van der Waals surface area (Å²) in [7, 11) is 1.41. The van der Waals surface area contributed by atoms with E-state index in [1.807, 2.05) is 22.6 Å². The fraction of sp³-hybridized carbons (Fsp3) is 0.100. The Balaban J connectivity index is 2.15. The van der Waals surface area contributed by atoms with Crippen molar-refractivity contribution in [3.8, 4) is 11.5 Å². The van der Waals surface area contributed by atoms with Gasteiger partial charge in [0.2, 0.25) is 0 Å². The predicted molar refractivity (Wildman–Crippen MR) is 114 cm³/mol. The Bertz CT molecular complexity index is 1180. The zero-order valence-corrected chi connectivity index (χ0v) is 17.6. The average molecular weight is 511 g/mol. The van der Waals surface area contributed by atoms with E-state index in [9.17, 15) is 18.4 Å². The van der Waals surface area contributed by atoms with Crippen molar-refractivity contribution in [1.29, 1.82) is 0 Å². The Kier molecular flexibility index (Phi) is 5.87. The van der Waals surface area contributed by atoms with Gasteiger partial charge in [-0.05, 0) is 71.5 Å². The third kappa shape index (κ3) is 4.39. The molecule has 1 amide bonds. The number of carbonyl (C=O) groups excluding carboxylic acids is 1. The van der Waals surface area contributed by atoms with Gasteiger partial charge in [0.25, 0.3) is 11.5 Å². The van der Waals surface area contributed by atoms with Crippen LogP contribution in [0.4, 0.5) is 20.3 Å². The molecule has 0 spiro atoms. The Labute approximate surface area is 178 Å². The molecule has 0 saturated heterocycles. The molecule has 3 rings (SSSR count). The van der Waals surface area contributed by atoms with Crippen molar-refractivity contribution in [2.75, 3.05) is 5.32 Å². The predicted octanol–water partition coefficient (Wildman–Crippen LogP) is 4.21. The first-order chi connectivity index (χ1) is 13.7. The largest absolute Gasteiger partial charge is 0.456 e. The molecule has 9 heteroatoms. The van der Waals surface area contributed by atoms with E-state index in [1.165, 1.54) is 37.4 Å². The van der Waals surface area contributed by atoms with Crippen LogP contribution in [0.15, 0.2) is 47.3 Å². The Morgan fingerprint density at radius 1 is 1.14 bits per heavy atom. The van der Waals surface area contributed by atoms with Crippen molar-refractivity contribution in [3.63, 3.8) is 0 Å². The molecule has 0 aliphatic carbocycles. The third-order valence-electron chi connectivity index (χ3n) is 4.19. The van der Waals surface area contributed by atoms with Gasteiger partial charge >= 0.3 is 0 Å². The number of hydrogen-bond donors (Lipinski definition) is 2. The molecular formula is C20H16F2IN3O3. The van der Waals surface area contributed by atoms with Crippen molar-refractivity contribution in [3.05, 3.63) is 79.1 Å². The summed E-state index contributed by atoms with van der Waals surface area (Å²) >= 11 is 1.96. The molecule has 3 aromatic rings. The number of halogens is 3. The maximum absolute atomic E-state index is 14.3. The lowest BCUT2D eigenvalue weighted by molar-refractivity contribution is 0.0998. The highest BCUT2D eigenvalue weighted by Gasteiger charge is 2.22. The second kappa shape index (κ2) is 8.19. The lowest BCUT2D eigenvalue weighted by atomic mass is 10.2. The highest BCUT2D eigenvalue weighted by molar-refractivity contribution is 14.1. The van der Waals surface area contributed by atoms with Gasteiger partial charge in [0.05, 0.1) is 5.69 Å². The fourth-order valence-electron chi connectivity index (χ4n) is 2.70. The normalized spacial score (nSPS) is 10.7. The number of hydrogen-bond acceptors (Lipinski definition) is 4. The van der Waals surface area contributed by atoms with Crippen LogP contribution in [0, 0.1) is 22.1 Å². The van der Waals surface area contributed by atoms with Crippen molar-refractivity contribution in [2.45, 2.75) is 6.92 Å². The number of anilines is 2. The Morgan fingerprint density at radius 2 is 1.86 bits per heavy atom. The lowest BCUT2D eigenvalue weighted by Crippen LogP contribution is -2.25. The van der Waals surface area contributed by atoms with E-state index >= 15 is 0 Å². The molecule has 29 heavy (non-hydrogen) atoms. The van der Waals surface area contributed by atoms with Gasteiger partial charge in [0.1, 0.15) is 34.5 Å². The number of ether oxygens (including phenoxy) is 1. The monoisotopic (exact) mass is 511 g/mol. The van der Waals surface area contributed by atoms with Gasteiger partial charge in [-0.2, -0.15) is 0 Å². The van der Waals surface area contributed by atoms with Crippen LogP contribution in [0.25, 0.3) is 0 Å². The molecule has 0 bridgehead atoms. The molecular weight excluding hydrogens is 495 g/mol. The number of carbonyl (C=O) groups is 1. The summed E-state index contributed by atoms with van der Waals surface area (Å²) in [6.07, 6.45) is 0. The number of aryl methyl sites for hydroxylation is 1. The minimum atomic E-state index is -0.885. The van der Waals surface area contributed by atoms with Crippen LogP contribution in [0.2, 0.25) is 0 Å². The minimum absolute atomic E-state index is 0.0279. The number of aromatic nitrogens is 1. The number of benzene rings is 2. The van der Waals surface area contributed by atoms with Crippen LogP contribution in [-0.4, -0.2) is 10.5 Å². The molecule has 1 aromatic heterocycles. The fourth-order valence-corrected chi connectivity index (χ4v) is 3.16. The smallest absolute Gasteiger partial charge is 0.256 e. The van der Waals surface area contributed by atoms with Gasteiger partial charge in [0, 0.05) is 16.7 Å². The molecule has 3 N–H and O–H groups in total. The van der Waals surface area contributed by atoms with E-state index in [2.05, 4.69) is 5.32 Å². The van der Waals surface area contributed by atoms with Gasteiger partial charge < -0.3 is 15.8 Å².